The number of aromatic nitrogens is 3. The van der Waals surface area contributed by atoms with Gasteiger partial charge in [-0.05, 0) is 30.5 Å². The molecule has 0 unspecified atom stereocenters. The van der Waals surface area contributed by atoms with Crippen molar-refractivity contribution >= 4 is 5.91 Å². The van der Waals surface area contributed by atoms with Crippen molar-refractivity contribution in [2.24, 2.45) is 0 Å². The smallest absolute Gasteiger partial charge is 0.291 e. The Balaban J connectivity index is 1.85. The van der Waals surface area contributed by atoms with Crippen molar-refractivity contribution in [1.29, 1.82) is 0 Å². The molecule has 6 heteroatoms. The lowest BCUT2D eigenvalue weighted by Gasteiger charge is -2.24. The van der Waals surface area contributed by atoms with Crippen LogP contribution in [0.2, 0.25) is 0 Å². The topological polar surface area (TPSA) is 61.9 Å². The molecule has 1 aromatic heterocycles. The van der Waals surface area contributed by atoms with Crippen LogP contribution >= 0.6 is 0 Å². The lowest BCUT2D eigenvalue weighted by Crippen LogP contribution is -2.31. The van der Waals surface area contributed by atoms with Crippen molar-refractivity contribution in [3.05, 3.63) is 47.8 Å². The van der Waals surface area contributed by atoms with E-state index in [2.05, 4.69) is 15.2 Å². The molecule has 1 aliphatic heterocycles. The number of amides is 1. The van der Waals surface area contributed by atoms with Gasteiger partial charge >= 0.3 is 0 Å². The molecule has 1 aliphatic rings. The van der Waals surface area contributed by atoms with E-state index in [1.807, 2.05) is 0 Å². The Morgan fingerprint density at radius 1 is 1.37 bits per heavy atom. The van der Waals surface area contributed by atoms with E-state index in [9.17, 15) is 9.18 Å². The number of likely N-dealkylation sites (tertiary alicyclic amines) is 1. The summed E-state index contributed by atoms with van der Waals surface area (Å²) in [7, 11) is 0. The van der Waals surface area contributed by atoms with E-state index in [1.54, 1.807) is 17.0 Å². The minimum absolute atomic E-state index is 0.0156. The van der Waals surface area contributed by atoms with Crippen LogP contribution in [0.4, 0.5) is 4.39 Å². The highest BCUT2D eigenvalue weighted by Crippen LogP contribution is 2.32. The van der Waals surface area contributed by atoms with Crippen LogP contribution < -0.4 is 0 Å². The largest absolute Gasteiger partial charge is 0.329 e. The first-order chi connectivity index (χ1) is 9.25. The number of hydrogen-bond acceptors (Lipinski definition) is 3. The first-order valence-corrected chi connectivity index (χ1v) is 6.17. The Labute approximate surface area is 109 Å². The highest BCUT2D eigenvalue weighted by Gasteiger charge is 2.31. The van der Waals surface area contributed by atoms with Gasteiger partial charge in [-0.25, -0.2) is 9.37 Å². The van der Waals surface area contributed by atoms with Crippen LogP contribution in [-0.2, 0) is 0 Å². The van der Waals surface area contributed by atoms with Crippen molar-refractivity contribution in [2.75, 3.05) is 6.54 Å². The third-order valence-corrected chi connectivity index (χ3v) is 3.39. The molecule has 1 fully saturated rings. The predicted octanol–water partition coefficient (Wildman–Crippen LogP) is 1.92. The molecular weight excluding hydrogens is 247 g/mol. The van der Waals surface area contributed by atoms with Crippen LogP contribution in [0.25, 0.3) is 0 Å². The molecule has 0 radical (unpaired) electrons. The van der Waals surface area contributed by atoms with Crippen molar-refractivity contribution in [1.82, 2.24) is 20.1 Å². The molecule has 19 heavy (non-hydrogen) atoms. The SMILES string of the molecule is O=C(c1ncn[nH]1)N1CCC[C@@H]1c1ccc(F)cc1. The zero-order valence-electron chi connectivity index (χ0n) is 10.2. The summed E-state index contributed by atoms with van der Waals surface area (Å²) in [5, 5.41) is 6.27. The quantitative estimate of drug-likeness (QED) is 0.897. The fourth-order valence-corrected chi connectivity index (χ4v) is 2.49. The number of H-pyrrole nitrogens is 1. The van der Waals surface area contributed by atoms with Gasteiger partial charge in [0.1, 0.15) is 12.1 Å². The summed E-state index contributed by atoms with van der Waals surface area (Å²) in [4.78, 5) is 17.9. The van der Waals surface area contributed by atoms with Gasteiger partial charge in [-0.15, -0.1) is 0 Å². The van der Waals surface area contributed by atoms with Crippen molar-refractivity contribution < 1.29 is 9.18 Å². The molecule has 1 N–H and O–H groups in total. The number of halogens is 1. The maximum Gasteiger partial charge on any atom is 0.291 e. The maximum atomic E-state index is 12.9. The number of rotatable bonds is 2. The first kappa shape index (κ1) is 11.8. The first-order valence-electron chi connectivity index (χ1n) is 6.17. The molecule has 2 aromatic rings. The molecule has 0 saturated carbocycles. The fourth-order valence-electron chi connectivity index (χ4n) is 2.49. The van der Waals surface area contributed by atoms with Crippen LogP contribution in [-0.4, -0.2) is 32.5 Å². The monoisotopic (exact) mass is 260 g/mol. The van der Waals surface area contributed by atoms with Gasteiger partial charge < -0.3 is 4.90 Å². The highest BCUT2D eigenvalue weighted by atomic mass is 19.1. The maximum absolute atomic E-state index is 12.9. The number of hydrogen-bond donors (Lipinski definition) is 1. The van der Waals surface area contributed by atoms with Crippen LogP contribution in [0.1, 0.15) is 35.1 Å². The van der Waals surface area contributed by atoms with Gasteiger partial charge in [-0.3, -0.25) is 9.89 Å². The molecule has 98 valence electrons. The molecule has 1 saturated heterocycles. The van der Waals surface area contributed by atoms with Crippen LogP contribution in [0, 0.1) is 5.82 Å². The van der Waals surface area contributed by atoms with E-state index in [0.29, 0.717) is 6.54 Å². The standard InChI is InChI=1S/C13H13FN4O/c14-10-5-3-9(4-6-10)11-2-1-7-18(11)13(19)12-15-8-16-17-12/h3-6,8,11H,1-2,7H2,(H,15,16,17)/t11-/m1/s1. The molecule has 0 aliphatic carbocycles. The molecule has 1 aromatic carbocycles. The normalized spacial score (nSPS) is 18.8. The Hall–Kier alpha value is -2.24. The number of benzene rings is 1. The number of carbonyl (C=O) groups excluding carboxylic acids is 1. The Morgan fingerprint density at radius 3 is 2.84 bits per heavy atom. The van der Waals surface area contributed by atoms with Crippen molar-refractivity contribution in [3.63, 3.8) is 0 Å². The second-order valence-corrected chi connectivity index (χ2v) is 4.54. The molecule has 3 rings (SSSR count). The molecule has 0 spiro atoms. The van der Waals surface area contributed by atoms with Crippen LogP contribution in [0.5, 0.6) is 0 Å². The summed E-state index contributed by atoms with van der Waals surface area (Å²) in [6, 6.07) is 6.28. The van der Waals surface area contributed by atoms with E-state index >= 15 is 0 Å². The lowest BCUT2D eigenvalue weighted by atomic mass is 10.0. The van der Waals surface area contributed by atoms with E-state index in [-0.39, 0.29) is 23.6 Å². The zero-order valence-corrected chi connectivity index (χ0v) is 10.2. The average Bonchev–Trinajstić information content (AvgIpc) is 3.10. The minimum atomic E-state index is -0.269. The summed E-state index contributed by atoms with van der Waals surface area (Å²) in [5.74, 6) is -0.187. The number of aromatic amines is 1. The van der Waals surface area contributed by atoms with Gasteiger partial charge in [0.05, 0.1) is 6.04 Å². The van der Waals surface area contributed by atoms with Crippen molar-refractivity contribution in [3.8, 4) is 0 Å². The molecule has 1 amide bonds. The van der Waals surface area contributed by atoms with Crippen LogP contribution in [0.3, 0.4) is 0 Å². The molecule has 5 nitrogen and oxygen atoms in total. The summed E-state index contributed by atoms with van der Waals surface area (Å²) < 4.78 is 12.9. The number of nitrogens with one attached hydrogen (secondary N) is 1. The highest BCUT2D eigenvalue weighted by molar-refractivity contribution is 5.90. The molecule has 0 bridgehead atoms. The van der Waals surface area contributed by atoms with Gasteiger partial charge in [0.25, 0.3) is 5.91 Å². The van der Waals surface area contributed by atoms with E-state index in [4.69, 9.17) is 0 Å². The Kier molecular flexibility index (Phi) is 2.98. The van der Waals surface area contributed by atoms with E-state index in [0.717, 1.165) is 18.4 Å². The Morgan fingerprint density at radius 2 is 2.16 bits per heavy atom. The molecule has 2 heterocycles. The molecular formula is C13H13FN4O. The van der Waals surface area contributed by atoms with E-state index < -0.39 is 0 Å². The zero-order chi connectivity index (χ0) is 13.2. The van der Waals surface area contributed by atoms with Gasteiger partial charge in [0.2, 0.25) is 5.82 Å². The fraction of sp³-hybridized carbons (Fsp3) is 0.308. The average molecular weight is 260 g/mol. The second kappa shape index (κ2) is 4.79. The van der Waals surface area contributed by atoms with Gasteiger partial charge in [-0.2, -0.15) is 5.10 Å². The van der Waals surface area contributed by atoms with Gasteiger partial charge in [0, 0.05) is 6.54 Å². The van der Waals surface area contributed by atoms with Gasteiger partial charge in [0.15, 0.2) is 0 Å². The lowest BCUT2D eigenvalue weighted by molar-refractivity contribution is 0.0723. The van der Waals surface area contributed by atoms with E-state index in [1.165, 1.54) is 18.5 Å². The number of nitrogens with zero attached hydrogens (tertiary/aromatic N) is 3. The van der Waals surface area contributed by atoms with Crippen LogP contribution in [0.15, 0.2) is 30.6 Å². The van der Waals surface area contributed by atoms with Crippen molar-refractivity contribution in [2.45, 2.75) is 18.9 Å². The predicted molar refractivity (Wildman–Crippen MR) is 65.8 cm³/mol. The summed E-state index contributed by atoms with van der Waals surface area (Å²) in [6.07, 6.45) is 3.13. The summed E-state index contributed by atoms with van der Waals surface area (Å²) in [5.41, 5.74) is 0.951. The molecule has 1 atom stereocenters. The third kappa shape index (κ3) is 2.21. The van der Waals surface area contributed by atoms with Gasteiger partial charge in [-0.1, -0.05) is 12.1 Å². The summed E-state index contributed by atoms with van der Waals surface area (Å²) >= 11 is 0. The third-order valence-electron chi connectivity index (χ3n) is 3.39. The summed E-state index contributed by atoms with van der Waals surface area (Å²) in [6.45, 7) is 0.682. The minimum Gasteiger partial charge on any atom is -0.329 e. The Bertz CT molecular complexity index is 567. The number of carbonyl (C=O) groups is 1. The second-order valence-electron chi connectivity index (χ2n) is 4.54.